The molecule has 28 heavy (non-hydrogen) atoms. The molecule has 0 bridgehead atoms. The number of nitrogens with two attached hydrogens (primary N) is 1. The number of benzene rings is 2. The Balaban J connectivity index is 1.71. The first-order valence-electron chi connectivity index (χ1n) is 8.64. The Labute approximate surface area is 167 Å². The molecule has 0 unspecified atom stereocenters. The number of hydrogen-bond donors (Lipinski definition) is 3. The Bertz CT molecular complexity index is 1130. The number of aromatic nitrogens is 2. The second-order valence-corrected chi connectivity index (χ2v) is 6.63. The number of rotatable bonds is 2. The summed E-state index contributed by atoms with van der Waals surface area (Å²) in [7, 11) is 0. The minimum absolute atomic E-state index is 0.127. The van der Waals surface area contributed by atoms with E-state index in [2.05, 4.69) is 32.4 Å². The average molecular weight is 390 g/mol. The van der Waals surface area contributed by atoms with Crippen LogP contribution in [0.5, 0.6) is 0 Å². The van der Waals surface area contributed by atoms with Gasteiger partial charge in [0.25, 0.3) is 0 Å². The van der Waals surface area contributed by atoms with E-state index in [4.69, 9.17) is 17.3 Å². The van der Waals surface area contributed by atoms with Crippen LogP contribution in [0.25, 0.3) is 11.3 Å². The fourth-order valence-corrected chi connectivity index (χ4v) is 3.15. The normalized spacial score (nSPS) is 12.0. The first-order valence-corrected chi connectivity index (χ1v) is 9.02. The first-order chi connectivity index (χ1) is 13.6. The van der Waals surface area contributed by atoms with Gasteiger partial charge in [0.15, 0.2) is 0 Å². The highest BCUT2D eigenvalue weighted by Gasteiger charge is 2.21. The summed E-state index contributed by atoms with van der Waals surface area (Å²) in [5.41, 5.74) is 9.98. The fraction of sp³-hybridized carbons (Fsp3) is 0.0952. The maximum Gasteiger partial charge on any atom is 0.228 e. The Morgan fingerprint density at radius 3 is 3.00 bits per heavy atom. The van der Waals surface area contributed by atoms with E-state index in [0.29, 0.717) is 28.9 Å². The summed E-state index contributed by atoms with van der Waals surface area (Å²) < 4.78 is 0. The van der Waals surface area contributed by atoms with E-state index >= 15 is 0 Å². The smallest absolute Gasteiger partial charge is 0.228 e. The predicted molar refractivity (Wildman–Crippen MR) is 110 cm³/mol. The number of anilines is 3. The van der Waals surface area contributed by atoms with Gasteiger partial charge < -0.3 is 16.4 Å². The molecule has 1 amide bonds. The summed E-state index contributed by atoms with van der Waals surface area (Å²) in [5, 5.41) is 6.61. The van der Waals surface area contributed by atoms with Gasteiger partial charge in [-0.1, -0.05) is 29.5 Å². The van der Waals surface area contributed by atoms with Crippen molar-refractivity contribution < 1.29 is 4.79 Å². The summed E-state index contributed by atoms with van der Waals surface area (Å²) in [5.74, 6) is 6.13. The topological polar surface area (TPSA) is 92.9 Å². The zero-order valence-electron chi connectivity index (χ0n) is 14.8. The van der Waals surface area contributed by atoms with Gasteiger partial charge >= 0.3 is 0 Å². The van der Waals surface area contributed by atoms with Crippen molar-refractivity contribution in [3.8, 4) is 23.1 Å². The molecule has 0 atom stereocenters. The van der Waals surface area contributed by atoms with Gasteiger partial charge in [-0.05, 0) is 36.4 Å². The molecule has 6 nitrogen and oxygen atoms in total. The Hall–Kier alpha value is -3.40. The average Bonchev–Trinajstić information content (AvgIpc) is 2.81. The molecular formula is C21H16ClN5O. The van der Waals surface area contributed by atoms with E-state index in [-0.39, 0.29) is 12.3 Å². The van der Waals surface area contributed by atoms with Crippen molar-refractivity contribution in [2.75, 3.05) is 17.2 Å². The second kappa shape index (κ2) is 7.69. The lowest BCUT2D eigenvalue weighted by Gasteiger charge is -2.11. The van der Waals surface area contributed by atoms with Gasteiger partial charge in [0.1, 0.15) is 0 Å². The number of hydrogen-bond acceptors (Lipinski definition) is 5. The molecule has 7 heteroatoms. The van der Waals surface area contributed by atoms with Gasteiger partial charge in [-0.3, -0.25) is 4.79 Å². The van der Waals surface area contributed by atoms with Crippen molar-refractivity contribution in [1.29, 1.82) is 0 Å². The Kier molecular flexibility index (Phi) is 4.94. The van der Waals surface area contributed by atoms with E-state index in [0.717, 1.165) is 22.4 Å². The molecule has 1 aromatic heterocycles. The molecule has 1 aliphatic rings. The van der Waals surface area contributed by atoms with E-state index in [1.807, 2.05) is 30.3 Å². The number of halogens is 1. The van der Waals surface area contributed by atoms with E-state index in [1.54, 1.807) is 18.3 Å². The second-order valence-electron chi connectivity index (χ2n) is 6.19. The van der Waals surface area contributed by atoms with Crippen molar-refractivity contribution in [1.82, 2.24) is 9.97 Å². The van der Waals surface area contributed by atoms with Crippen LogP contribution in [0.3, 0.4) is 0 Å². The van der Waals surface area contributed by atoms with Gasteiger partial charge in [0.2, 0.25) is 11.9 Å². The monoisotopic (exact) mass is 389 g/mol. The van der Waals surface area contributed by atoms with E-state index in [9.17, 15) is 4.79 Å². The van der Waals surface area contributed by atoms with Crippen molar-refractivity contribution in [3.05, 3.63) is 64.8 Å². The lowest BCUT2D eigenvalue weighted by Crippen LogP contribution is -2.12. The molecule has 0 saturated heterocycles. The Morgan fingerprint density at radius 1 is 1.25 bits per heavy atom. The molecule has 0 aliphatic carbocycles. The lowest BCUT2D eigenvalue weighted by molar-refractivity contribution is -0.115. The third kappa shape index (κ3) is 3.81. The van der Waals surface area contributed by atoms with Gasteiger partial charge in [0.05, 0.1) is 24.3 Å². The zero-order valence-corrected chi connectivity index (χ0v) is 15.5. The van der Waals surface area contributed by atoms with Crippen LogP contribution < -0.4 is 16.4 Å². The maximum atomic E-state index is 12.2. The number of nitrogens with one attached hydrogen (secondary N) is 2. The summed E-state index contributed by atoms with van der Waals surface area (Å²) in [4.78, 5) is 21.2. The molecule has 0 spiro atoms. The van der Waals surface area contributed by atoms with Crippen LogP contribution in [0, 0.1) is 11.8 Å². The minimum Gasteiger partial charge on any atom is -0.325 e. The quantitative estimate of drug-likeness (QED) is 0.584. The van der Waals surface area contributed by atoms with Crippen LogP contribution in [-0.4, -0.2) is 22.4 Å². The highest BCUT2D eigenvalue weighted by Crippen LogP contribution is 2.34. The van der Waals surface area contributed by atoms with E-state index in [1.165, 1.54) is 0 Å². The standard InChI is InChI=1S/C21H16ClN5O/c22-15-6-7-17-18(11-15)26-19(28)10-14-12-24-21(27-20(14)17)25-16-5-1-3-13(9-16)4-2-8-23/h1,3,5-7,9,11-12H,8,10,23H2,(H,26,28)(H,24,25,27). The van der Waals surface area contributed by atoms with Gasteiger partial charge in [-0.25, -0.2) is 9.97 Å². The van der Waals surface area contributed by atoms with Crippen LogP contribution in [0.2, 0.25) is 5.02 Å². The van der Waals surface area contributed by atoms with Crippen LogP contribution in [-0.2, 0) is 11.2 Å². The fourth-order valence-electron chi connectivity index (χ4n) is 2.98. The third-order valence-corrected chi connectivity index (χ3v) is 4.41. The number of amides is 1. The Morgan fingerprint density at radius 2 is 2.14 bits per heavy atom. The molecule has 2 heterocycles. The predicted octanol–water partition coefficient (Wildman–Crippen LogP) is 3.35. The number of nitrogens with zero attached hydrogens (tertiary/aromatic N) is 2. The summed E-state index contributed by atoms with van der Waals surface area (Å²) in [6.45, 7) is 0.307. The largest absolute Gasteiger partial charge is 0.325 e. The molecule has 0 saturated carbocycles. The summed E-state index contributed by atoms with van der Waals surface area (Å²) in [6.07, 6.45) is 1.87. The SMILES string of the molecule is NCC#Cc1cccc(Nc2ncc3c(n2)-c2ccc(Cl)cc2NC(=O)C3)c1. The number of carbonyl (C=O) groups excluding carboxylic acids is 1. The highest BCUT2D eigenvalue weighted by atomic mass is 35.5. The van der Waals surface area contributed by atoms with Gasteiger partial charge in [0, 0.05) is 33.6 Å². The van der Waals surface area contributed by atoms with Gasteiger partial charge in [-0.15, -0.1) is 0 Å². The summed E-state index contributed by atoms with van der Waals surface area (Å²) in [6, 6.07) is 12.9. The molecule has 0 fully saturated rings. The molecule has 4 rings (SSSR count). The zero-order chi connectivity index (χ0) is 19.5. The molecule has 1 aliphatic heterocycles. The van der Waals surface area contributed by atoms with Crippen LogP contribution in [0.4, 0.5) is 17.3 Å². The molecule has 3 aromatic rings. The van der Waals surface area contributed by atoms with Crippen LogP contribution >= 0.6 is 11.6 Å². The van der Waals surface area contributed by atoms with Crippen molar-refractivity contribution in [3.63, 3.8) is 0 Å². The third-order valence-electron chi connectivity index (χ3n) is 4.18. The van der Waals surface area contributed by atoms with Gasteiger partial charge in [-0.2, -0.15) is 0 Å². The van der Waals surface area contributed by atoms with Crippen LogP contribution in [0.15, 0.2) is 48.7 Å². The minimum atomic E-state index is -0.127. The van der Waals surface area contributed by atoms with Crippen LogP contribution in [0.1, 0.15) is 11.1 Å². The molecule has 4 N–H and O–H groups in total. The molecule has 2 aromatic carbocycles. The van der Waals surface area contributed by atoms with Crippen molar-refractivity contribution in [2.45, 2.75) is 6.42 Å². The maximum absolute atomic E-state index is 12.2. The van der Waals surface area contributed by atoms with Crippen molar-refractivity contribution >= 4 is 34.8 Å². The number of fused-ring (bicyclic) bond motifs is 3. The number of carbonyl (C=O) groups is 1. The molecular weight excluding hydrogens is 374 g/mol. The molecule has 138 valence electrons. The molecule has 0 radical (unpaired) electrons. The summed E-state index contributed by atoms with van der Waals surface area (Å²) >= 11 is 6.08. The lowest BCUT2D eigenvalue weighted by atomic mass is 10.1. The first kappa shape index (κ1) is 18.0. The van der Waals surface area contributed by atoms with Crippen molar-refractivity contribution in [2.24, 2.45) is 5.73 Å². The van der Waals surface area contributed by atoms with E-state index < -0.39 is 0 Å². The highest BCUT2D eigenvalue weighted by molar-refractivity contribution is 6.31.